The van der Waals surface area contributed by atoms with E-state index in [9.17, 15) is 20.1 Å². The highest BCUT2D eigenvalue weighted by Gasteiger charge is 2.68. The average Bonchev–Trinajstić information content (AvgIpc) is 3.05. The van der Waals surface area contributed by atoms with E-state index in [1.54, 1.807) is 7.11 Å². The minimum Gasteiger partial charge on any atom is -0.392 e. The molecule has 0 saturated heterocycles. The minimum atomic E-state index is -0.419. The summed E-state index contributed by atoms with van der Waals surface area (Å²) in [6.45, 7) is 13.5. The van der Waals surface area contributed by atoms with Crippen LogP contribution < -0.4 is 0 Å². The van der Waals surface area contributed by atoms with Crippen LogP contribution in [0.1, 0.15) is 92.9 Å². The molecule has 0 aromatic rings. The summed E-state index contributed by atoms with van der Waals surface area (Å²) in [5.41, 5.74) is 2.75. The number of hydrogen-bond acceptors (Lipinski definition) is 5. The second-order valence-electron chi connectivity index (χ2n) is 13.7. The van der Waals surface area contributed by atoms with E-state index in [2.05, 4.69) is 41.5 Å². The number of ether oxygens (including phenoxy) is 1. The summed E-state index contributed by atoms with van der Waals surface area (Å²) in [5.74, 6) is 1.45. The van der Waals surface area contributed by atoms with E-state index in [4.69, 9.17) is 4.74 Å². The maximum Gasteiger partial charge on any atom is 0.138 e. The Kier molecular flexibility index (Phi) is 7.49. The Balaban J connectivity index is 1.72. The lowest BCUT2D eigenvalue weighted by Gasteiger charge is -2.62. The monoisotopic (exact) mass is 502 g/mol. The van der Waals surface area contributed by atoms with E-state index in [-0.39, 0.29) is 46.9 Å². The summed E-state index contributed by atoms with van der Waals surface area (Å²) in [7, 11) is 1.80. The van der Waals surface area contributed by atoms with Gasteiger partial charge in [0, 0.05) is 24.4 Å². The van der Waals surface area contributed by atoms with Crippen molar-refractivity contribution in [1.29, 1.82) is 0 Å². The van der Waals surface area contributed by atoms with E-state index in [1.807, 2.05) is 6.08 Å². The van der Waals surface area contributed by atoms with Gasteiger partial charge in [0.15, 0.2) is 0 Å². The Hall–Kier alpha value is -1.01. The Bertz CT molecular complexity index is 927. The summed E-state index contributed by atoms with van der Waals surface area (Å²) >= 11 is 0. The van der Waals surface area contributed by atoms with Crippen molar-refractivity contribution in [1.82, 2.24) is 0 Å². The predicted molar refractivity (Wildman–Crippen MR) is 142 cm³/mol. The van der Waals surface area contributed by atoms with Gasteiger partial charge < -0.3 is 20.1 Å². The van der Waals surface area contributed by atoms with Gasteiger partial charge >= 0.3 is 0 Å². The van der Waals surface area contributed by atoms with Crippen LogP contribution in [0.15, 0.2) is 22.8 Å². The smallest absolute Gasteiger partial charge is 0.138 e. The van der Waals surface area contributed by atoms with Gasteiger partial charge in [-0.05, 0) is 84.7 Å². The molecule has 0 unspecified atom stereocenters. The van der Waals surface area contributed by atoms with Crippen molar-refractivity contribution >= 4 is 5.78 Å². The fourth-order valence-electron chi connectivity index (χ4n) is 9.50. The highest BCUT2D eigenvalue weighted by Crippen LogP contribution is 2.72. The number of Topliss-reactive ketones (excluding diaryl/α,β-unsaturated/α-hetero) is 1. The Morgan fingerprint density at radius 2 is 1.75 bits per heavy atom. The lowest BCUT2D eigenvalue weighted by molar-refractivity contribution is -0.143. The van der Waals surface area contributed by atoms with Crippen molar-refractivity contribution in [2.45, 2.75) is 105 Å². The topological polar surface area (TPSA) is 87.0 Å². The molecule has 8 atom stereocenters. The molecule has 2 fully saturated rings. The van der Waals surface area contributed by atoms with Gasteiger partial charge in [0.1, 0.15) is 5.78 Å². The first-order valence-corrected chi connectivity index (χ1v) is 14.2. The average molecular weight is 503 g/mol. The van der Waals surface area contributed by atoms with Crippen molar-refractivity contribution in [3.63, 3.8) is 0 Å². The second kappa shape index (κ2) is 9.63. The zero-order valence-electron chi connectivity index (χ0n) is 23.7. The third-order valence-electron chi connectivity index (χ3n) is 12.1. The first kappa shape index (κ1) is 28.0. The number of ketones is 1. The van der Waals surface area contributed by atoms with Crippen LogP contribution in [0, 0.1) is 39.4 Å². The SMILES string of the molecule is CO[C@@H]1C[C@H]2C(C)(C)C(=O)CC[C@]2(C)C2=C1[C@]1(C)[C@@H](O)C[C@H]([C@H](C)CCC=C(CO)CO)[C@@]1(C)CC2. The lowest BCUT2D eigenvalue weighted by atomic mass is 9.42. The lowest BCUT2D eigenvalue weighted by Crippen LogP contribution is -2.58. The zero-order chi connectivity index (χ0) is 26.7. The highest BCUT2D eigenvalue weighted by molar-refractivity contribution is 5.86. The summed E-state index contributed by atoms with van der Waals surface area (Å²) in [4.78, 5) is 13.0. The summed E-state index contributed by atoms with van der Waals surface area (Å²) in [5, 5.41) is 30.6. The number of fused-ring (bicyclic) bond motifs is 4. The van der Waals surface area contributed by atoms with Crippen LogP contribution in [-0.4, -0.2) is 53.6 Å². The van der Waals surface area contributed by atoms with Gasteiger partial charge in [0.25, 0.3) is 0 Å². The molecule has 0 radical (unpaired) electrons. The molecule has 3 N–H and O–H groups in total. The van der Waals surface area contributed by atoms with E-state index >= 15 is 0 Å². The normalized spacial score (nSPS) is 42.4. The van der Waals surface area contributed by atoms with Crippen LogP contribution in [0.25, 0.3) is 0 Å². The van der Waals surface area contributed by atoms with Crippen LogP contribution in [0.2, 0.25) is 0 Å². The van der Waals surface area contributed by atoms with E-state index in [0.29, 0.717) is 29.6 Å². The van der Waals surface area contributed by atoms with Crippen molar-refractivity contribution in [3.05, 3.63) is 22.8 Å². The third kappa shape index (κ3) is 3.82. The predicted octanol–water partition coefficient (Wildman–Crippen LogP) is 5.23. The number of carbonyl (C=O) groups excluding carboxylic acids is 1. The molecule has 0 aromatic heterocycles. The number of allylic oxidation sites excluding steroid dienone is 2. The van der Waals surface area contributed by atoms with Crippen LogP contribution >= 0.6 is 0 Å². The molecule has 0 heterocycles. The molecule has 4 rings (SSSR count). The molecule has 4 aliphatic rings. The molecule has 0 amide bonds. The third-order valence-corrected chi connectivity index (χ3v) is 12.1. The zero-order valence-corrected chi connectivity index (χ0v) is 23.7. The molecule has 5 nitrogen and oxygen atoms in total. The standard InChI is InChI=1S/C31H50O5/c1-19(9-8-10-20(17-32)18-33)22-15-26(35)31(6)27-21(11-14-30(22,31)5)29(4)13-12-25(34)28(2,3)24(29)16-23(27)36-7/h10,19,22-24,26,32-33,35H,8-9,11-18H2,1-7H3/t19-,22-,23-,24+,26+,29-,30-,31+/m1/s1. The number of aliphatic hydroxyl groups is 3. The van der Waals surface area contributed by atoms with E-state index < -0.39 is 6.10 Å². The summed E-state index contributed by atoms with van der Waals surface area (Å²) < 4.78 is 6.23. The van der Waals surface area contributed by atoms with Gasteiger partial charge in [-0.1, -0.05) is 53.2 Å². The van der Waals surface area contributed by atoms with Crippen LogP contribution in [0.4, 0.5) is 0 Å². The summed E-state index contributed by atoms with van der Waals surface area (Å²) in [6.07, 6.45) is 8.56. The molecule has 5 heteroatoms. The maximum absolute atomic E-state index is 13.0. The van der Waals surface area contributed by atoms with Gasteiger partial charge in [0.05, 0.1) is 25.4 Å². The number of aliphatic hydroxyl groups excluding tert-OH is 3. The fraction of sp³-hybridized carbons (Fsp3) is 0.839. The molecule has 204 valence electrons. The van der Waals surface area contributed by atoms with Crippen molar-refractivity contribution in [3.8, 4) is 0 Å². The number of hydrogen-bond donors (Lipinski definition) is 3. The molecule has 0 spiro atoms. The highest BCUT2D eigenvalue weighted by atomic mass is 16.5. The number of methoxy groups -OCH3 is 1. The van der Waals surface area contributed by atoms with Crippen molar-refractivity contribution < 1.29 is 24.9 Å². The van der Waals surface area contributed by atoms with Crippen LogP contribution in [-0.2, 0) is 9.53 Å². The number of rotatable bonds is 7. The maximum atomic E-state index is 13.0. The van der Waals surface area contributed by atoms with Gasteiger partial charge in [0.2, 0.25) is 0 Å². The van der Waals surface area contributed by atoms with Gasteiger partial charge in [-0.2, -0.15) is 0 Å². The van der Waals surface area contributed by atoms with E-state index in [1.165, 1.54) is 11.1 Å². The molecule has 2 saturated carbocycles. The Labute approximate surface area is 218 Å². The number of carbonyl (C=O) groups is 1. The molecule has 0 bridgehead atoms. The van der Waals surface area contributed by atoms with Gasteiger partial charge in [-0.15, -0.1) is 0 Å². The van der Waals surface area contributed by atoms with Gasteiger partial charge in [-0.3, -0.25) is 4.79 Å². The van der Waals surface area contributed by atoms with Crippen LogP contribution in [0.5, 0.6) is 0 Å². The second-order valence-corrected chi connectivity index (χ2v) is 13.7. The molecule has 4 aliphatic carbocycles. The van der Waals surface area contributed by atoms with Gasteiger partial charge in [-0.25, -0.2) is 0 Å². The van der Waals surface area contributed by atoms with Crippen molar-refractivity contribution in [2.75, 3.05) is 20.3 Å². The van der Waals surface area contributed by atoms with Crippen LogP contribution in [0.3, 0.4) is 0 Å². The Morgan fingerprint density at radius 1 is 1.08 bits per heavy atom. The quantitative estimate of drug-likeness (QED) is 0.415. The molecule has 0 aliphatic heterocycles. The van der Waals surface area contributed by atoms with Crippen molar-refractivity contribution in [2.24, 2.45) is 39.4 Å². The molecule has 0 aromatic carbocycles. The molecule has 36 heavy (non-hydrogen) atoms. The minimum absolute atomic E-state index is 0.0225. The fourth-order valence-corrected chi connectivity index (χ4v) is 9.50. The first-order chi connectivity index (χ1) is 16.8. The Morgan fingerprint density at radius 3 is 2.36 bits per heavy atom. The summed E-state index contributed by atoms with van der Waals surface area (Å²) in [6, 6.07) is 0. The molecular weight excluding hydrogens is 452 g/mol. The largest absolute Gasteiger partial charge is 0.392 e. The van der Waals surface area contributed by atoms with E-state index in [0.717, 1.165) is 44.9 Å². The molecular formula is C31H50O5. The first-order valence-electron chi connectivity index (χ1n) is 14.2.